The predicted octanol–water partition coefficient (Wildman–Crippen LogP) is 3.10. The van der Waals surface area contributed by atoms with Crippen LogP contribution in [0, 0.1) is 5.82 Å². The van der Waals surface area contributed by atoms with Crippen LogP contribution in [0.25, 0.3) is 0 Å². The van der Waals surface area contributed by atoms with Gasteiger partial charge in [-0.25, -0.2) is 4.39 Å². The number of carbonyl (C=O) groups excluding carboxylic acids is 1. The van der Waals surface area contributed by atoms with Crippen molar-refractivity contribution < 1.29 is 18.7 Å². The maximum atomic E-state index is 13.2. The number of benzene rings is 2. The SMILES string of the molecule is COc1ccc(NC(=O)c2cc(F)ccc2OC)cc1. The van der Waals surface area contributed by atoms with Gasteiger partial charge >= 0.3 is 0 Å². The first-order valence-electron chi connectivity index (χ1n) is 5.93. The smallest absolute Gasteiger partial charge is 0.259 e. The summed E-state index contributed by atoms with van der Waals surface area (Å²) in [4.78, 5) is 12.1. The summed E-state index contributed by atoms with van der Waals surface area (Å²) in [5.41, 5.74) is 0.727. The first-order chi connectivity index (χ1) is 9.63. The van der Waals surface area contributed by atoms with Crippen molar-refractivity contribution in [1.82, 2.24) is 0 Å². The van der Waals surface area contributed by atoms with E-state index in [1.54, 1.807) is 31.4 Å². The average molecular weight is 275 g/mol. The van der Waals surface area contributed by atoms with E-state index in [1.165, 1.54) is 19.2 Å². The molecule has 1 amide bonds. The Balaban J connectivity index is 2.20. The van der Waals surface area contributed by atoms with E-state index >= 15 is 0 Å². The van der Waals surface area contributed by atoms with Crippen LogP contribution in [0.15, 0.2) is 42.5 Å². The van der Waals surface area contributed by atoms with Crippen LogP contribution in [0.5, 0.6) is 11.5 Å². The second-order valence-electron chi connectivity index (χ2n) is 4.03. The molecule has 0 radical (unpaired) electrons. The van der Waals surface area contributed by atoms with Crippen molar-refractivity contribution in [2.75, 3.05) is 19.5 Å². The van der Waals surface area contributed by atoms with E-state index in [4.69, 9.17) is 9.47 Å². The first-order valence-corrected chi connectivity index (χ1v) is 5.93. The Bertz CT molecular complexity index is 611. The number of methoxy groups -OCH3 is 2. The quantitative estimate of drug-likeness (QED) is 0.932. The average Bonchev–Trinajstić information content (AvgIpc) is 2.48. The highest BCUT2D eigenvalue weighted by Gasteiger charge is 2.13. The Hall–Kier alpha value is -2.56. The van der Waals surface area contributed by atoms with Crippen molar-refractivity contribution in [2.24, 2.45) is 0 Å². The molecule has 0 saturated carbocycles. The molecular weight excluding hydrogens is 261 g/mol. The Kier molecular flexibility index (Phi) is 4.20. The second-order valence-corrected chi connectivity index (χ2v) is 4.03. The molecule has 0 atom stereocenters. The number of rotatable bonds is 4. The van der Waals surface area contributed by atoms with Gasteiger partial charge in [-0.3, -0.25) is 4.79 Å². The van der Waals surface area contributed by atoms with E-state index in [0.717, 1.165) is 6.07 Å². The molecule has 1 N–H and O–H groups in total. The van der Waals surface area contributed by atoms with E-state index in [0.29, 0.717) is 17.2 Å². The van der Waals surface area contributed by atoms with Crippen molar-refractivity contribution in [2.45, 2.75) is 0 Å². The molecule has 0 fully saturated rings. The molecule has 0 aliphatic heterocycles. The molecule has 0 aromatic heterocycles. The normalized spacial score (nSPS) is 9.95. The molecule has 20 heavy (non-hydrogen) atoms. The van der Waals surface area contributed by atoms with Gasteiger partial charge in [0.05, 0.1) is 19.8 Å². The number of hydrogen-bond acceptors (Lipinski definition) is 3. The van der Waals surface area contributed by atoms with Crippen LogP contribution in [0.2, 0.25) is 0 Å². The number of carbonyl (C=O) groups is 1. The van der Waals surface area contributed by atoms with E-state index in [2.05, 4.69) is 5.32 Å². The number of anilines is 1. The summed E-state index contributed by atoms with van der Waals surface area (Å²) in [5.74, 6) is 0.0703. The monoisotopic (exact) mass is 275 g/mol. The van der Waals surface area contributed by atoms with Gasteiger partial charge < -0.3 is 14.8 Å². The van der Waals surface area contributed by atoms with Crippen LogP contribution < -0.4 is 14.8 Å². The molecule has 2 rings (SSSR count). The Morgan fingerprint density at radius 1 is 1.05 bits per heavy atom. The molecule has 0 spiro atoms. The molecule has 4 nitrogen and oxygen atoms in total. The minimum atomic E-state index is -0.495. The van der Waals surface area contributed by atoms with Crippen molar-refractivity contribution in [3.8, 4) is 11.5 Å². The van der Waals surface area contributed by atoms with Crippen molar-refractivity contribution in [3.63, 3.8) is 0 Å². The van der Waals surface area contributed by atoms with Gasteiger partial charge in [-0.15, -0.1) is 0 Å². The van der Waals surface area contributed by atoms with Crippen molar-refractivity contribution in [3.05, 3.63) is 53.8 Å². The van der Waals surface area contributed by atoms with Gasteiger partial charge in [0.1, 0.15) is 17.3 Å². The van der Waals surface area contributed by atoms with E-state index in [1.807, 2.05) is 0 Å². The Morgan fingerprint density at radius 3 is 2.35 bits per heavy atom. The van der Waals surface area contributed by atoms with E-state index in [-0.39, 0.29) is 5.56 Å². The highest BCUT2D eigenvalue weighted by atomic mass is 19.1. The van der Waals surface area contributed by atoms with Crippen molar-refractivity contribution >= 4 is 11.6 Å². The summed E-state index contributed by atoms with van der Waals surface area (Å²) in [6, 6.07) is 10.6. The molecule has 104 valence electrons. The molecule has 5 heteroatoms. The van der Waals surface area contributed by atoms with Crippen LogP contribution in [-0.4, -0.2) is 20.1 Å². The number of ether oxygens (including phenoxy) is 2. The summed E-state index contributed by atoms with van der Waals surface area (Å²) < 4.78 is 23.3. The van der Waals surface area contributed by atoms with Gasteiger partial charge in [0, 0.05) is 5.69 Å². The number of halogens is 1. The van der Waals surface area contributed by atoms with Crippen LogP contribution >= 0.6 is 0 Å². The fourth-order valence-electron chi connectivity index (χ4n) is 1.73. The lowest BCUT2D eigenvalue weighted by molar-refractivity contribution is 0.102. The number of hydrogen-bond donors (Lipinski definition) is 1. The van der Waals surface area contributed by atoms with Crippen LogP contribution in [0.1, 0.15) is 10.4 Å². The third-order valence-electron chi connectivity index (χ3n) is 2.75. The molecule has 0 aliphatic rings. The summed E-state index contributed by atoms with van der Waals surface area (Å²) >= 11 is 0. The maximum absolute atomic E-state index is 13.2. The topological polar surface area (TPSA) is 47.6 Å². The highest BCUT2D eigenvalue weighted by molar-refractivity contribution is 6.06. The Morgan fingerprint density at radius 2 is 1.75 bits per heavy atom. The van der Waals surface area contributed by atoms with Crippen LogP contribution in [-0.2, 0) is 0 Å². The minimum absolute atomic E-state index is 0.142. The molecular formula is C15H14FNO3. The number of nitrogens with one attached hydrogen (secondary N) is 1. The van der Waals surface area contributed by atoms with Gasteiger partial charge in [0.15, 0.2) is 0 Å². The summed E-state index contributed by atoms with van der Waals surface area (Å²) in [5, 5.41) is 2.67. The van der Waals surface area contributed by atoms with E-state index < -0.39 is 11.7 Å². The van der Waals surface area contributed by atoms with Crippen molar-refractivity contribution in [1.29, 1.82) is 0 Å². The minimum Gasteiger partial charge on any atom is -0.497 e. The second kappa shape index (κ2) is 6.06. The molecule has 2 aromatic carbocycles. The lowest BCUT2D eigenvalue weighted by Crippen LogP contribution is -2.13. The zero-order chi connectivity index (χ0) is 14.5. The third kappa shape index (κ3) is 3.06. The van der Waals surface area contributed by atoms with Crippen LogP contribution in [0.3, 0.4) is 0 Å². The molecule has 0 saturated heterocycles. The zero-order valence-corrected chi connectivity index (χ0v) is 11.1. The lowest BCUT2D eigenvalue weighted by atomic mass is 10.1. The molecule has 0 unspecified atom stereocenters. The largest absolute Gasteiger partial charge is 0.497 e. The summed E-state index contributed by atoms with van der Waals surface area (Å²) in [7, 11) is 2.99. The number of amides is 1. The standard InChI is InChI=1S/C15H14FNO3/c1-19-12-6-4-11(5-7-12)17-15(18)13-9-10(16)3-8-14(13)20-2/h3-9H,1-2H3,(H,17,18). The Labute approximate surface area is 116 Å². The fraction of sp³-hybridized carbons (Fsp3) is 0.133. The lowest BCUT2D eigenvalue weighted by Gasteiger charge is -2.09. The fourth-order valence-corrected chi connectivity index (χ4v) is 1.73. The predicted molar refractivity (Wildman–Crippen MR) is 73.9 cm³/mol. The van der Waals surface area contributed by atoms with E-state index in [9.17, 15) is 9.18 Å². The van der Waals surface area contributed by atoms with Gasteiger partial charge in [0.25, 0.3) is 5.91 Å². The molecule has 2 aromatic rings. The van der Waals surface area contributed by atoms with Crippen LogP contribution in [0.4, 0.5) is 10.1 Å². The third-order valence-corrected chi connectivity index (χ3v) is 2.75. The maximum Gasteiger partial charge on any atom is 0.259 e. The van der Waals surface area contributed by atoms with Gasteiger partial charge in [-0.05, 0) is 42.5 Å². The molecule has 0 aliphatic carbocycles. The van der Waals surface area contributed by atoms with Gasteiger partial charge in [-0.2, -0.15) is 0 Å². The summed E-state index contributed by atoms with van der Waals surface area (Å²) in [6.45, 7) is 0. The molecule has 0 heterocycles. The van der Waals surface area contributed by atoms with Gasteiger partial charge in [0.2, 0.25) is 0 Å². The summed E-state index contributed by atoms with van der Waals surface area (Å²) in [6.07, 6.45) is 0. The zero-order valence-electron chi connectivity index (χ0n) is 11.1. The molecule has 0 bridgehead atoms. The highest BCUT2D eigenvalue weighted by Crippen LogP contribution is 2.21. The van der Waals surface area contributed by atoms with Gasteiger partial charge in [-0.1, -0.05) is 0 Å². The first kappa shape index (κ1) is 13.9.